The highest BCUT2D eigenvalue weighted by atomic mass is 16.5. The fourth-order valence-electron chi connectivity index (χ4n) is 8.49. The monoisotopic (exact) mass is 628 g/mol. The molecular weight excluding hydrogens is 580 g/mol. The van der Waals surface area contributed by atoms with Crippen LogP contribution in [0.4, 0.5) is 5.82 Å². The van der Waals surface area contributed by atoms with E-state index in [4.69, 9.17) is 14.2 Å². The lowest BCUT2D eigenvalue weighted by molar-refractivity contribution is -0.138. The summed E-state index contributed by atoms with van der Waals surface area (Å²) < 4.78 is 11.0. The number of aryl methyl sites for hydroxylation is 1. The van der Waals surface area contributed by atoms with Crippen molar-refractivity contribution in [2.24, 2.45) is 23.7 Å². The molecular formula is C37H48N4O5. The highest BCUT2D eigenvalue weighted by Gasteiger charge is 2.45. The van der Waals surface area contributed by atoms with Crippen LogP contribution in [0, 0.1) is 30.6 Å². The van der Waals surface area contributed by atoms with Crippen molar-refractivity contribution in [2.75, 3.05) is 18.6 Å². The van der Waals surface area contributed by atoms with E-state index in [0.29, 0.717) is 48.8 Å². The normalized spacial score (nSPS) is 26.1. The molecule has 2 bridgehead atoms. The quantitative estimate of drug-likeness (QED) is 0.242. The smallest absolute Gasteiger partial charge is 0.303 e. The van der Waals surface area contributed by atoms with Gasteiger partial charge in [0.1, 0.15) is 11.6 Å². The number of aliphatic carboxylic acids is 1. The van der Waals surface area contributed by atoms with Crippen molar-refractivity contribution in [3.8, 4) is 17.1 Å². The molecule has 0 spiro atoms. The van der Waals surface area contributed by atoms with Crippen molar-refractivity contribution >= 4 is 17.7 Å². The first-order chi connectivity index (χ1) is 22.2. The molecule has 0 saturated heterocycles. The van der Waals surface area contributed by atoms with Crippen molar-refractivity contribution in [1.29, 1.82) is 0 Å². The van der Waals surface area contributed by atoms with Crippen molar-refractivity contribution in [3.63, 3.8) is 0 Å². The summed E-state index contributed by atoms with van der Waals surface area (Å²) in [7, 11) is 1.73. The number of ether oxygens (including phenoxy) is 1. The lowest BCUT2D eigenvalue weighted by Gasteiger charge is -2.50. The topological polar surface area (TPSA) is 119 Å². The van der Waals surface area contributed by atoms with Gasteiger partial charge in [-0.25, -0.2) is 4.98 Å². The molecule has 3 saturated carbocycles. The Labute approximate surface area is 272 Å². The summed E-state index contributed by atoms with van der Waals surface area (Å²) in [6.07, 6.45) is 11.8. The minimum Gasteiger partial charge on any atom is -0.496 e. The molecule has 3 aliphatic rings. The molecule has 1 amide bonds. The molecule has 2 heterocycles. The van der Waals surface area contributed by atoms with Crippen LogP contribution >= 0.6 is 0 Å². The van der Waals surface area contributed by atoms with Crippen LogP contribution < -0.4 is 9.64 Å². The Bertz CT molecular complexity index is 1540. The number of pyridine rings is 1. The molecule has 0 aliphatic heterocycles. The zero-order chi connectivity index (χ0) is 32.4. The van der Waals surface area contributed by atoms with Gasteiger partial charge in [-0.1, -0.05) is 44.0 Å². The second kappa shape index (κ2) is 13.5. The number of carboxylic acids is 1. The van der Waals surface area contributed by atoms with Crippen LogP contribution in [0.2, 0.25) is 0 Å². The molecule has 3 fully saturated rings. The summed E-state index contributed by atoms with van der Waals surface area (Å²) in [5.41, 5.74) is 3.56. The fraction of sp³-hybridized carbons (Fsp3) is 0.595. The zero-order valence-corrected chi connectivity index (χ0v) is 27.7. The Hall–Kier alpha value is -3.75. The summed E-state index contributed by atoms with van der Waals surface area (Å²) in [5.74, 6) is 3.01. The average Bonchev–Trinajstić information content (AvgIpc) is 3.56. The van der Waals surface area contributed by atoms with Gasteiger partial charge in [0.15, 0.2) is 0 Å². The van der Waals surface area contributed by atoms with E-state index in [1.54, 1.807) is 13.3 Å². The molecule has 6 rings (SSSR count). The SMILES string of the molecule is COc1ccc(C23CCCC(C2)C(CN(c2cc(-c4noc(C(C)C)n4)ccn2)C(=O)[C@H]2CC[C@H](CC(=O)O)CC2)CC3)cc1C. The van der Waals surface area contributed by atoms with Crippen LogP contribution in [0.1, 0.15) is 107 Å². The van der Waals surface area contributed by atoms with Crippen molar-refractivity contribution < 1.29 is 24.0 Å². The summed E-state index contributed by atoms with van der Waals surface area (Å²) in [4.78, 5) is 37.0. The Morgan fingerprint density at radius 2 is 1.89 bits per heavy atom. The predicted molar refractivity (Wildman–Crippen MR) is 176 cm³/mol. The first-order valence-electron chi connectivity index (χ1n) is 17.1. The van der Waals surface area contributed by atoms with E-state index in [1.807, 2.05) is 30.9 Å². The highest BCUT2D eigenvalue weighted by molar-refractivity contribution is 5.94. The van der Waals surface area contributed by atoms with Crippen LogP contribution in [0.5, 0.6) is 5.75 Å². The van der Waals surface area contributed by atoms with Gasteiger partial charge in [-0.3, -0.25) is 14.5 Å². The minimum atomic E-state index is -0.759. The molecule has 3 unspecified atom stereocenters. The number of nitrogens with zero attached hydrogens (tertiary/aromatic N) is 4. The molecule has 9 nitrogen and oxygen atoms in total. The first kappa shape index (κ1) is 32.2. The van der Waals surface area contributed by atoms with Crippen molar-refractivity contribution in [1.82, 2.24) is 15.1 Å². The van der Waals surface area contributed by atoms with Gasteiger partial charge in [0.05, 0.1) is 7.11 Å². The number of carbonyl (C=O) groups is 2. The Kier molecular flexibility index (Phi) is 9.48. The van der Waals surface area contributed by atoms with E-state index in [9.17, 15) is 14.7 Å². The van der Waals surface area contributed by atoms with E-state index in [0.717, 1.165) is 43.4 Å². The van der Waals surface area contributed by atoms with Crippen LogP contribution in [0.15, 0.2) is 41.1 Å². The number of amides is 1. The molecule has 0 radical (unpaired) electrons. The molecule has 3 aromatic rings. The average molecular weight is 629 g/mol. The van der Waals surface area contributed by atoms with Gasteiger partial charge < -0.3 is 14.4 Å². The van der Waals surface area contributed by atoms with Gasteiger partial charge in [-0.15, -0.1) is 0 Å². The number of anilines is 1. The predicted octanol–water partition coefficient (Wildman–Crippen LogP) is 7.72. The van der Waals surface area contributed by atoms with Gasteiger partial charge in [0, 0.05) is 36.6 Å². The van der Waals surface area contributed by atoms with Gasteiger partial charge >= 0.3 is 5.97 Å². The molecule has 9 heteroatoms. The Balaban J connectivity index is 1.25. The van der Waals surface area contributed by atoms with E-state index in [1.165, 1.54) is 30.4 Å². The lowest BCUT2D eigenvalue weighted by atomic mass is 9.56. The third-order valence-electron chi connectivity index (χ3n) is 11.1. The summed E-state index contributed by atoms with van der Waals surface area (Å²) in [6.45, 7) is 6.79. The molecule has 3 atom stereocenters. The van der Waals surface area contributed by atoms with Gasteiger partial charge in [-0.2, -0.15) is 4.98 Å². The number of benzene rings is 1. The Morgan fingerprint density at radius 1 is 1.09 bits per heavy atom. The Morgan fingerprint density at radius 3 is 2.59 bits per heavy atom. The van der Waals surface area contributed by atoms with Crippen LogP contribution in [-0.2, 0) is 15.0 Å². The first-order valence-corrected chi connectivity index (χ1v) is 17.1. The molecule has 46 heavy (non-hydrogen) atoms. The minimum absolute atomic E-state index is 0.104. The maximum atomic E-state index is 14.4. The van der Waals surface area contributed by atoms with Crippen LogP contribution in [0.3, 0.4) is 0 Å². The number of hydrogen-bond acceptors (Lipinski definition) is 7. The standard InChI is InChI=1S/C37H48N4O5/c1-23(2)35-39-34(40-46-35)27-14-17-38-32(20-27)41(36(44)26-9-7-25(8-10-26)19-33(42)43)22-29-13-16-37(15-5-6-28(29)21-37)30-11-12-31(45-4)24(3)18-30/h11-12,14,17-18,20,23,25-26,28-29H,5-10,13,15-16,19,21-22H2,1-4H3,(H,42,43)/t25-,26-,28?,29?,37?. The van der Waals surface area contributed by atoms with E-state index >= 15 is 0 Å². The van der Waals surface area contributed by atoms with Crippen LogP contribution in [-0.4, -0.2) is 45.8 Å². The zero-order valence-electron chi connectivity index (χ0n) is 27.7. The van der Waals surface area contributed by atoms with Gasteiger partial charge in [-0.05, 0) is 111 Å². The molecule has 3 aliphatic carbocycles. The maximum absolute atomic E-state index is 14.4. The van der Waals surface area contributed by atoms with E-state index in [-0.39, 0.29) is 35.5 Å². The summed E-state index contributed by atoms with van der Waals surface area (Å²) in [5, 5.41) is 13.5. The fourth-order valence-corrected chi connectivity index (χ4v) is 8.49. The molecule has 1 N–H and O–H groups in total. The number of carbonyl (C=O) groups excluding carboxylic acids is 1. The van der Waals surface area contributed by atoms with Gasteiger partial charge in [0.25, 0.3) is 0 Å². The number of hydrogen-bond donors (Lipinski definition) is 1. The number of carboxylic acid groups (broad SMARTS) is 1. The van der Waals surface area contributed by atoms with E-state index < -0.39 is 5.97 Å². The number of aromatic nitrogens is 3. The van der Waals surface area contributed by atoms with Gasteiger partial charge in [0.2, 0.25) is 17.6 Å². The molecule has 2 aromatic heterocycles. The lowest BCUT2D eigenvalue weighted by Crippen LogP contribution is -2.47. The third kappa shape index (κ3) is 6.69. The van der Waals surface area contributed by atoms with Crippen LogP contribution in [0.25, 0.3) is 11.4 Å². The largest absolute Gasteiger partial charge is 0.496 e. The highest BCUT2D eigenvalue weighted by Crippen LogP contribution is 2.53. The third-order valence-corrected chi connectivity index (χ3v) is 11.1. The number of methoxy groups -OCH3 is 1. The van der Waals surface area contributed by atoms with E-state index in [2.05, 4.69) is 35.3 Å². The summed E-state index contributed by atoms with van der Waals surface area (Å²) >= 11 is 0. The number of fused-ring (bicyclic) bond motifs is 2. The van der Waals surface area contributed by atoms with Crippen molar-refractivity contribution in [2.45, 2.75) is 103 Å². The molecule has 246 valence electrons. The van der Waals surface area contributed by atoms with Crippen molar-refractivity contribution in [3.05, 3.63) is 53.5 Å². The second-order valence-electron chi connectivity index (χ2n) is 14.4. The summed E-state index contributed by atoms with van der Waals surface area (Å²) in [6, 6.07) is 10.5. The second-order valence-corrected chi connectivity index (χ2v) is 14.4. The maximum Gasteiger partial charge on any atom is 0.303 e. The molecule has 1 aromatic carbocycles. The number of rotatable bonds is 10.